The Kier molecular flexibility index (Phi) is 6.75. The first-order valence-electron chi connectivity index (χ1n) is 11.4. The van der Waals surface area contributed by atoms with Crippen molar-refractivity contribution in [2.75, 3.05) is 31.1 Å². The van der Waals surface area contributed by atoms with Crippen LogP contribution in [0.2, 0.25) is 0 Å². The number of hydrogen-bond acceptors (Lipinski definition) is 6. The van der Waals surface area contributed by atoms with Crippen LogP contribution < -0.4 is 10.2 Å². The van der Waals surface area contributed by atoms with Crippen LogP contribution in [0, 0.1) is 11.8 Å². The topological polar surface area (TPSA) is 105 Å². The number of rotatable bonds is 3. The second kappa shape index (κ2) is 9.73. The van der Waals surface area contributed by atoms with Gasteiger partial charge in [0.05, 0.1) is 12.3 Å². The maximum atomic E-state index is 12.1. The summed E-state index contributed by atoms with van der Waals surface area (Å²) in [4.78, 5) is 43.2. The number of anilines is 1. The minimum Gasteiger partial charge on any atom is -0.444 e. The lowest BCUT2D eigenvalue weighted by molar-refractivity contribution is -0.120. The molecule has 34 heavy (non-hydrogen) atoms. The average molecular weight is 468 g/mol. The van der Waals surface area contributed by atoms with Crippen LogP contribution in [0.4, 0.5) is 15.4 Å². The van der Waals surface area contributed by atoms with Crippen LogP contribution in [0.15, 0.2) is 24.5 Å². The van der Waals surface area contributed by atoms with Crippen molar-refractivity contribution in [3.05, 3.63) is 30.1 Å². The molecule has 2 aliphatic heterocycles. The molecule has 0 saturated carbocycles. The molecule has 10 nitrogen and oxygen atoms in total. The first-order chi connectivity index (χ1) is 16.2. The van der Waals surface area contributed by atoms with Crippen LogP contribution in [-0.4, -0.2) is 70.3 Å². The number of imide groups is 1. The maximum absolute atomic E-state index is 12.1. The fourth-order valence-corrected chi connectivity index (χ4v) is 3.86. The van der Waals surface area contributed by atoms with Gasteiger partial charge in [-0.3, -0.25) is 19.4 Å². The number of carbonyl (C=O) groups excluding carboxylic acids is 3. The Bertz CT molecular complexity index is 1150. The van der Waals surface area contributed by atoms with Crippen LogP contribution in [0.3, 0.4) is 0 Å². The normalized spacial score (nSPS) is 17.4. The summed E-state index contributed by atoms with van der Waals surface area (Å²) in [5, 5.41) is 2.32. The summed E-state index contributed by atoms with van der Waals surface area (Å²) < 4.78 is 13.1. The van der Waals surface area contributed by atoms with E-state index in [9.17, 15) is 14.4 Å². The Hall–Kier alpha value is -3.58. The number of likely N-dealkylation sites (tertiary alicyclic amines) is 1. The molecule has 4 rings (SSSR count). The van der Waals surface area contributed by atoms with Crippen molar-refractivity contribution in [3.63, 3.8) is 0 Å². The zero-order chi connectivity index (χ0) is 24.3. The lowest BCUT2D eigenvalue weighted by Crippen LogP contribution is -2.50. The molecular formula is C24H29N5O5. The predicted molar refractivity (Wildman–Crippen MR) is 124 cm³/mol. The predicted octanol–water partition coefficient (Wildman–Crippen LogP) is 2.55. The van der Waals surface area contributed by atoms with E-state index in [4.69, 9.17) is 9.47 Å². The lowest BCUT2D eigenvalue weighted by atomic mass is 10.1. The van der Waals surface area contributed by atoms with E-state index in [-0.39, 0.29) is 24.5 Å². The van der Waals surface area contributed by atoms with Gasteiger partial charge in [0.2, 0.25) is 5.91 Å². The molecule has 0 aromatic carbocycles. The van der Waals surface area contributed by atoms with Crippen LogP contribution in [0.5, 0.6) is 0 Å². The Balaban J connectivity index is 1.28. The molecule has 0 radical (unpaired) electrons. The van der Waals surface area contributed by atoms with Crippen LogP contribution in [0.25, 0.3) is 5.65 Å². The number of imidazole rings is 1. The van der Waals surface area contributed by atoms with E-state index in [0.29, 0.717) is 37.7 Å². The second-order valence-corrected chi connectivity index (χ2v) is 9.29. The van der Waals surface area contributed by atoms with Gasteiger partial charge in [-0.15, -0.1) is 0 Å². The van der Waals surface area contributed by atoms with Gasteiger partial charge in [-0.2, -0.15) is 0 Å². The van der Waals surface area contributed by atoms with E-state index in [0.717, 1.165) is 18.4 Å². The van der Waals surface area contributed by atoms with E-state index in [2.05, 4.69) is 22.1 Å². The summed E-state index contributed by atoms with van der Waals surface area (Å²) in [5.74, 6) is 6.44. The van der Waals surface area contributed by atoms with Crippen molar-refractivity contribution < 1.29 is 23.9 Å². The number of nitrogens with one attached hydrogen (secondary N) is 1. The molecule has 0 spiro atoms. The fraction of sp³-hybridized carbons (Fsp3) is 0.500. The van der Waals surface area contributed by atoms with E-state index in [1.807, 2.05) is 32.9 Å². The molecular weight excluding hydrogens is 438 g/mol. The summed E-state index contributed by atoms with van der Waals surface area (Å²) in [5.41, 5.74) is 0.942. The number of ether oxygens (including phenoxy) is 2. The fourth-order valence-electron chi connectivity index (χ4n) is 3.86. The molecule has 2 aromatic rings. The van der Waals surface area contributed by atoms with Gasteiger partial charge >= 0.3 is 12.1 Å². The maximum Gasteiger partial charge on any atom is 0.410 e. The van der Waals surface area contributed by atoms with Gasteiger partial charge in [0, 0.05) is 37.8 Å². The molecule has 0 bridgehead atoms. The Morgan fingerprint density at radius 1 is 1.24 bits per heavy atom. The molecule has 1 N–H and O–H groups in total. The molecule has 4 amide bonds. The number of urea groups is 1. The number of hydrogen-bond donors (Lipinski definition) is 1. The first-order valence-corrected chi connectivity index (χ1v) is 11.4. The zero-order valence-corrected chi connectivity index (χ0v) is 19.7. The second-order valence-electron chi connectivity index (χ2n) is 9.29. The van der Waals surface area contributed by atoms with Gasteiger partial charge in [0.1, 0.15) is 23.7 Å². The summed E-state index contributed by atoms with van der Waals surface area (Å²) in [6.07, 6.45) is 4.94. The summed E-state index contributed by atoms with van der Waals surface area (Å²) in [6.45, 7) is 7.40. The van der Waals surface area contributed by atoms with Crippen LogP contribution in [0.1, 0.15) is 45.6 Å². The highest BCUT2D eigenvalue weighted by molar-refractivity contribution is 6.05. The Labute approximate surface area is 198 Å². The van der Waals surface area contributed by atoms with Gasteiger partial charge < -0.3 is 14.4 Å². The standard InChI is InChI=1S/C24H29N5O5/c1-24(2,3)34-23(32)27-10-7-18(8-11-27)33-14-4-5-17-6-12-28-19(15-17)25-16-21(28)29-13-9-20(30)26-22(29)31/h6,12,15-16,18H,7-11,13-14H2,1-3H3,(H,26,30,31). The largest absolute Gasteiger partial charge is 0.444 e. The molecule has 0 atom stereocenters. The minimum atomic E-state index is -0.496. The van der Waals surface area contributed by atoms with Gasteiger partial charge in [-0.25, -0.2) is 14.6 Å². The number of amides is 4. The molecule has 4 heterocycles. The Morgan fingerprint density at radius 3 is 2.71 bits per heavy atom. The molecule has 2 fully saturated rings. The number of carbonyl (C=O) groups is 3. The van der Waals surface area contributed by atoms with Gasteiger partial charge in [0.25, 0.3) is 0 Å². The van der Waals surface area contributed by atoms with Gasteiger partial charge in [-0.1, -0.05) is 11.8 Å². The molecule has 0 unspecified atom stereocenters. The Morgan fingerprint density at radius 2 is 2.00 bits per heavy atom. The van der Waals surface area contributed by atoms with E-state index in [1.165, 1.54) is 4.90 Å². The third kappa shape index (κ3) is 5.66. The van der Waals surface area contributed by atoms with Crippen molar-refractivity contribution in [2.24, 2.45) is 0 Å². The average Bonchev–Trinajstić information content (AvgIpc) is 3.19. The van der Waals surface area contributed by atoms with Crippen molar-refractivity contribution in [2.45, 2.75) is 51.7 Å². The lowest BCUT2D eigenvalue weighted by Gasteiger charge is -2.33. The number of aromatic nitrogens is 2. The van der Waals surface area contributed by atoms with Crippen molar-refractivity contribution in [1.29, 1.82) is 0 Å². The minimum absolute atomic E-state index is 0.0629. The van der Waals surface area contributed by atoms with Crippen molar-refractivity contribution in [1.82, 2.24) is 19.6 Å². The molecule has 10 heteroatoms. The monoisotopic (exact) mass is 467 g/mol. The first kappa shape index (κ1) is 23.6. The van der Waals surface area contributed by atoms with E-state index >= 15 is 0 Å². The van der Waals surface area contributed by atoms with Gasteiger partial charge in [0.15, 0.2) is 0 Å². The summed E-state index contributed by atoms with van der Waals surface area (Å²) in [6, 6.07) is 3.23. The number of piperidine rings is 1. The molecule has 180 valence electrons. The number of fused-ring (bicyclic) bond motifs is 1. The summed E-state index contributed by atoms with van der Waals surface area (Å²) in [7, 11) is 0. The molecule has 2 saturated heterocycles. The smallest absolute Gasteiger partial charge is 0.410 e. The van der Waals surface area contributed by atoms with Crippen LogP contribution in [-0.2, 0) is 14.3 Å². The molecule has 0 aliphatic carbocycles. The third-order valence-corrected chi connectivity index (χ3v) is 5.54. The third-order valence-electron chi connectivity index (χ3n) is 5.54. The quantitative estimate of drug-likeness (QED) is 0.696. The van der Waals surface area contributed by atoms with Crippen molar-refractivity contribution in [3.8, 4) is 11.8 Å². The highest BCUT2D eigenvalue weighted by Crippen LogP contribution is 2.20. The van der Waals surface area contributed by atoms with E-state index in [1.54, 1.807) is 21.7 Å². The van der Waals surface area contributed by atoms with Crippen LogP contribution >= 0.6 is 0 Å². The number of pyridine rings is 1. The molecule has 2 aliphatic rings. The SMILES string of the molecule is CC(C)(C)OC(=O)N1CCC(OCC#Cc2ccn3c(N4CCC(=O)NC4=O)cnc3c2)CC1. The van der Waals surface area contributed by atoms with Crippen molar-refractivity contribution >= 4 is 29.5 Å². The number of nitrogens with zero attached hydrogens (tertiary/aromatic N) is 4. The van der Waals surface area contributed by atoms with E-state index < -0.39 is 11.6 Å². The van der Waals surface area contributed by atoms with Gasteiger partial charge in [-0.05, 0) is 45.7 Å². The highest BCUT2D eigenvalue weighted by Gasteiger charge is 2.27. The summed E-state index contributed by atoms with van der Waals surface area (Å²) >= 11 is 0. The zero-order valence-electron chi connectivity index (χ0n) is 19.7. The molecule has 2 aromatic heterocycles. The highest BCUT2D eigenvalue weighted by atomic mass is 16.6.